The molecular formula is C20H18F2N2O4. The molecule has 28 heavy (non-hydrogen) atoms. The molecule has 0 radical (unpaired) electrons. The molecule has 8 heteroatoms. The van der Waals surface area contributed by atoms with Crippen LogP contribution in [0.2, 0.25) is 0 Å². The number of amides is 2. The van der Waals surface area contributed by atoms with Gasteiger partial charge < -0.3 is 19.7 Å². The number of likely N-dealkylation sites (tertiary alicyclic amines) is 1. The van der Waals surface area contributed by atoms with Crippen LogP contribution in [0, 0.1) is 18.6 Å². The Morgan fingerprint density at radius 3 is 2.79 bits per heavy atom. The summed E-state index contributed by atoms with van der Waals surface area (Å²) >= 11 is 0. The van der Waals surface area contributed by atoms with Crippen molar-refractivity contribution < 1.29 is 27.8 Å². The molecule has 0 spiro atoms. The molecule has 2 aromatic rings. The van der Waals surface area contributed by atoms with E-state index in [1.54, 1.807) is 19.1 Å². The predicted molar refractivity (Wildman–Crippen MR) is 96.1 cm³/mol. The molecule has 2 heterocycles. The van der Waals surface area contributed by atoms with E-state index < -0.39 is 11.7 Å². The number of hydrogen-bond donors (Lipinski definition) is 1. The fourth-order valence-electron chi connectivity index (χ4n) is 3.12. The number of benzene rings is 2. The van der Waals surface area contributed by atoms with Crippen molar-refractivity contribution in [3.05, 3.63) is 58.7 Å². The van der Waals surface area contributed by atoms with Crippen LogP contribution in [-0.4, -0.2) is 42.5 Å². The fourth-order valence-corrected chi connectivity index (χ4v) is 3.12. The van der Waals surface area contributed by atoms with Gasteiger partial charge in [0.15, 0.2) is 6.61 Å². The Kier molecular flexibility index (Phi) is 4.72. The molecule has 0 atom stereocenters. The maximum atomic E-state index is 14.3. The first-order chi connectivity index (χ1) is 13.4. The van der Waals surface area contributed by atoms with Crippen molar-refractivity contribution in [2.24, 2.45) is 0 Å². The van der Waals surface area contributed by atoms with Crippen LogP contribution in [0.3, 0.4) is 0 Å². The second-order valence-electron chi connectivity index (χ2n) is 6.90. The molecular weight excluding hydrogens is 370 g/mol. The lowest BCUT2D eigenvalue weighted by atomic mass is 10.1. The first-order valence-corrected chi connectivity index (χ1v) is 8.83. The molecule has 4 rings (SSSR count). The van der Waals surface area contributed by atoms with Crippen molar-refractivity contribution in [2.75, 3.05) is 25.0 Å². The van der Waals surface area contributed by atoms with Crippen LogP contribution in [0.15, 0.2) is 30.3 Å². The molecule has 0 aromatic heterocycles. The minimum atomic E-state index is -0.717. The van der Waals surface area contributed by atoms with E-state index in [0.29, 0.717) is 5.56 Å². The Morgan fingerprint density at radius 2 is 2.04 bits per heavy atom. The van der Waals surface area contributed by atoms with Crippen molar-refractivity contribution in [2.45, 2.75) is 19.6 Å². The zero-order valence-electron chi connectivity index (χ0n) is 15.1. The monoisotopic (exact) mass is 388 g/mol. The van der Waals surface area contributed by atoms with Crippen LogP contribution in [-0.2, 0) is 16.1 Å². The third-order valence-corrected chi connectivity index (χ3v) is 4.75. The number of carbonyl (C=O) groups excluding carboxylic acids is 2. The lowest BCUT2D eigenvalue weighted by Gasteiger charge is -2.39. The number of anilines is 1. The molecule has 1 fully saturated rings. The van der Waals surface area contributed by atoms with Gasteiger partial charge in [0.25, 0.3) is 11.8 Å². The van der Waals surface area contributed by atoms with E-state index in [1.807, 2.05) is 0 Å². The van der Waals surface area contributed by atoms with Crippen molar-refractivity contribution in [3.63, 3.8) is 0 Å². The molecule has 146 valence electrons. The van der Waals surface area contributed by atoms with Gasteiger partial charge in [0, 0.05) is 24.7 Å². The van der Waals surface area contributed by atoms with E-state index in [9.17, 15) is 18.4 Å². The van der Waals surface area contributed by atoms with E-state index >= 15 is 0 Å². The molecule has 2 aliphatic rings. The number of halogens is 2. The highest BCUT2D eigenvalue weighted by Crippen LogP contribution is 2.31. The predicted octanol–water partition coefficient (Wildman–Crippen LogP) is 2.65. The average Bonchev–Trinajstić information content (AvgIpc) is 2.61. The standard InChI is InChI=1S/C20H18F2N2O4/c1-11-2-3-12(15(21)4-11)9-27-13-7-24(8-13)20(26)14-5-17-18(6-16(14)22)28-10-19(25)23-17/h2-6,13H,7-10H2,1H3,(H,23,25). The Morgan fingerprint density at radius 1 is 1.25 bits per heavy atom. The van der Waals surface area contributed by atoms with E-state index in [1.165, 1.54) is 17.0 Å². The van der Waals surface area contributed by atoms with Gasteiger partial charge in [-0.05, 0) is 24.6 Å². The molecule has 0 bridgehead atoms. The number of fused-ring (bicyclic) bond motifs is 1. The summed E-state index contributed by atoms with van der Waals surface area (Å²) in [5.41, 5.74) is 1.40. The van der Waals surface area contributed by atoms with Crippen LogP contribution in [0.25, 0.3) is 0 Å². The first kappa shape index (κ1) is 18.4. The lowest BCUT2D eigenvalue weighted by Crippen LogP contribution is -2.54. The normalized spacial score (nSPS) is 16.1. The van der Waals surface area contributed by atoms with Gasteiger partial charge in [-0.3, -0.25) is 9.59 Å². The Labute approximate surface area is 160 Å². The number of ether oxygens (including phenoxy) is 2. The summed E-state index contributed by atoms with van der Waals surface area (Å²) in [6, 6.07) is 7.29. The SMILES string of the molecule is Cc1ccc(COC2CN(C(=O)c3cc4c(cc3F)OCC(=O)N4)C2)c(F)c1. The van der Waals surface area contributed by atoms with Crippen LogP contribution in [0.5, 0.6) is 5.75 Å². The highest BCUT2D eigenvalue weighted by atomic mass is 19.1. The minimum absolute atomic E-state index is 0.107. The summed E-state index contributed by atoms with van der Waals surface area (Å²) in [7, 11) is 0. The van der Waals surface area contributed by atoms with Crippen LogP contribution in [0.4, 0.5) is 14.5 Å². The van der Waals surface area contributed by atoms with Gasteiger partial charge in [-0.2, -0.15) is 0 Å². The summed E-state index contributed by atoms with van der Waals surface area (Å²) < 4.78 is 38.9. The largest absolute Gasteiger partial charge is 0.481 e. The number of aryl methyl sites for hydroxylation is 1. The first-order valence-electron chi connectivity index (χ1n) is 8.83. The quantitative estimate of drug-likeness (QED) is 0.875. The van der Waals surface area contributed by atoms with E-state index in [0.717, 1.165) is 11.6 Å². The molecule has 1 N–H and O–H groups in total. The van der Waals surface area contributed by atoms with Gasteiger partial charge in [-0.15, -0.1) is 0 Å². The molecule has 1 saturated heterocycles. The Bertz CT molecular complexity index is 957. The third-order valence-electron chi connectivity index (χ3n) is 4.75. The number of nitrogens with one attached hydrogen (secondary N) is 1. The number of carbonyl (C=O) groups is 2. The summed E-state index contributed by atoms with van der Waals surface area (Å²) in [6.45, 7) is 2.29. The molecule has 0 aliphatic carbocycles. The van der Waals surface area contributed by atoms with Crippen molar-refractivity contribution in [3.8, 4) is 5.75 Å². The highest BCUT2D eigenvalue weighted by molar-refractivity contribution is 6.00. The van der Waals surface area contributed by atoms with Gasteiger partial charge in [0.05, 0.1) is 24.0 Å². The zero-order chi connectivity index (χ0) is 19.8. The Balaban J connectivity index is 1.36. The molecule has 2 amide bonds. The number of rotatable bonds is 4. The van der Waals surface area contributed by atoms with Gasteiger partial charge in [-0.25, -0.2) is 8.78 Å². The summed E-state index contributed by atoms with van der Waals surface area (Å²) in [6.07, 6.45) is -0.242. The fraction of sp³-hybridized carbons (Fsp3) is 0.300. The Hall–Kier alpha value is -3.00. The highest BCUT2D eigenvalue weighted by Gasteiger charge is 2.34. The topological polar surface area (TPSA) is 67.9 Å². The second kappa shape index (κ2) is 7.20. The third kappa shape index (κ3) is 3.55. The summed E-state index contributed by atoms with van der Waals surface area (Å²) in [5, 5.41) is 2.55. The van der Waals surface area contributed by atoms with E-state index in [-0.39, 0.29) is 61.1 Å². The molecule has 2 aliphatic heterocycles. The van der Waals surface area contributed by atoms with Crippen LogP contribution >= 0.6 is 0 Å². The van der Waals surface area contributed by atoms with E-state index in [2.05, 4.69) is 5.32 Å². The number of nitrogens with zero attached hydrogens (tertiary/aromatic N) is 1. The molecule has 6 nitrogen and oxygen atoms in total. The van der Waals surface area contributed by atoms with Gasteiger partial charge in [-0.1, -0.05) is 12.1 Å². The van der Waals surface area contributed by atoms with Crippen LogP contribution in [0.1, 0.15) is 21.5 Å². The minimum Gasteiger partial charge on any atom is -0.481 e. The molecule has 0 saturated carbocycles. The van der Waals surface area contributed by atoms with Crippen molar-refractivity contribution >= 4 is 17.5 Å². The zero-order valence-corrected chi connectivity index (χ0v) is 15.1. The number of hydrogen-bond acceptors (Lipinski definition) is 4. The summed E-state index contributed by atoms with van der Waals surface area (Å²) in [4.78, 5) is 25.4. The molecule has 0 unspecified atom stereocenters. The average molecular weight is 388 g/mol. The maximum Gasteiger partial charge on any atom is 0.262 e. The van der Waals surface area contributed by atoms with Gasteiger partial charge in [0.1, 0.15) is 17.4 Å². The van der Waals surface area contributed by atoms with Crippen molar-refractivity contribution in [1.82, 2.24) is 4.90 Å². The molecule has 2 aromatic carbocycles. The van der Waals surface area contributed by atoms with E-state index in [4.69, 9.17) is 9.47 Å². The van der Waals surface area contributed by atoms with Gasteiger partial charge in [0.2, 0.25) is 0 Å². The van der Waals surface area contributed by atoms with Gasteiger partial charge >= 0.3 is 0 Å². The second-order valence-corrected chi connectivity index (χ2v) is 6.90. The maximum absolute atomic E-state index is 14.3. The summed E-state index contributed by atoms with van der Waals surface area (Å²) in [5.74, 6) is -1.71. The van der Waals surface area contributed by atoms with Crippen LogP contribution < -0.4 is 10.1 Å². The lowest BCUT2D eigenvalue weighted by molar-refractivity contribution is -0.118. The smallest absolute Gasteiger partial charge is 0.262 e. The van der Waals surface area contributed by atoms with Crippen molar-refractivity contribution in [1.29, 1.82) is 0 Å².